The minimum Gasteiger partial charge on any atom is -0.396 e. The van der Waals surface area contributed by atoms with Gasteiger partial charge in [0.1, 0.15) is 0 Å². The van der Waals surface area contributed by atoms with E-state index >= 15 is 0 Å². The van der Waals surface area contributed by atoms with Crippen molar-refractivity contribution in [3.05, 3.63) is 78.0 Å². The molecule has 1 aliphatic rings. The van der Waals surface area contributed by atoms with Crippen LogP contribution < -0.4 is 0 Å². The summed E-state index contributed by atoms with van der Waals surface area (Å²) in [5.74, 6) is 0. The molecular weight excluding hydrogens is 358 g/mol. The fourth-order valence-corrected chi connectivity index (χ4v) is 4.48. The maximum atomic E-state index is 9.60. The van der Waals surface area contributed by atoms with E-state index in [0.29, 0.717) is 6.04 Å². The van der Waals surface area contributed by atoms with Gasteiger partial charge in [0.2, 0.25) is 0 Å². The molecule has 1 saturated heterocycles. The Bertz CT molecular complexity index is 893. The summed E-state index contributed by atoms with van der Waals surface area (Å²) in [4.78, 5) is 9.71. The zero-order valence-corrected chi connectivity index (χ0v) is 17.1. The largest absolute Gasteiger partial charge is 0.396 e. The van der Waals surface area contributed by atoms with Crippen LogP contribution in [0.15, 0.2) is 66.9 Å². The molecule has 2 aromatic carbocycles. The number of aliphatic hydroxyl groups excluding tert-OH is 1. The van der Waals surface area contributed by atoms with E-state index in [-0.39, 0.29) is 6.61 Å². The molecule has 4 nitrogen and oxygen atoms in total. The van der Waals surface area contributed by atoms with Crippen molar-refractivity contribution in [2.24, 2.45) is 0 Å². The zero-order valence-electron chi connectivity index (χ0n) is 17.1. The van der Waals surface area contributed by atoms with Crippen molar-refractivity contribution in [1.82, 2.24) is 14.8 Å². The van der Waals surface area contributed by atoms with Crippen molar-refractivity contribution in [1.29, 1.82) is 0 Å². The quantitative estimate of drug-likeness (QED) is 0.637. The number of nitrogens with zero attached hydrogens (tertiary/aromatic N) is 3. The molecule has 0 spiro atoms. The van der Waals surface area contributed by atoms with Crippen LogP contribution in [0.3, 0.4) is 0 Å². The Balaban J connectivity index is 1.36. The first-order valence-electron chi connectivity index (χ1n) is 10.8. The molecule has 0 aliphatic carbocycles. The van der Waals surface area contributed by atoms with E-state index in [9.17, 15) is 5.11 Å². The van der Waals surface area contributed by atoms with E-state index in [2.05, 4.69) is 69.4 Å². The molecule has 1 unspecified atom stereocenters. The van der Waals surface area contributed by atoms with Crippen LogP contribution in [0.2, 0.25) is 0 Å². The Hall–Kier alpha value is -2.27. The van der Waals surface area contributed by atoms with E-state index in [0.717, 1.165) is 51.1 Å². The van der Waals surface area contributed by atoms with Crippen molar-refractivity contribution in [2.75, 3.05) is 32.8 Å². The van der Waals surface area contributed by atoms with Gasteiger partial charge in [-0.15, -0.1) is 0 Å². The highest BCUT2D eigenvalue weighted by atomic mass is 16.3. The maximum Gasteiger partial charge on any atom is 0.0746 e. The van der Waals surface area contributed by atoms with Gasteiger partial charge in [-0.05, 0) is 43.0 Å². The van der Waals surface area contributed by atoms with Crippen LogP contribution in [0.1, 0.15) is 24.0 Å². The summed E-state index contributed by atoms with van der Waals surface area (Å²) in [5, 5.41) is 10.8. The zero-order chi connectivity index (χ0) is 19.9. The summed E-state index contributed by atoms with van der Waals surface area (Å²) in [5.41, 5.74) is 3.82. The number of fused-ring (bicyclic) bond motifs is 1. The van der Waals surface area contributed by atoms with Crippen LogP contribution in [0.4, 0.5) is 0 Å². The van der Waals surface area contributed by atoms with E-state index in [1.54, 1.807) is 0 Å². The third-order valence-electron chi connectivity index (χ3n) is 6.01. The number of benzene rings is 2. The van der Waals surface area contributed by atoms with Gasteiger partial charge in [0, 0.05) is 50.4 Å². The van der Waals surface area contributed by atoms with E-state index in [4.69, 9.17) is 0 Å². The molecule has 2 heterocycles. The number of aliphatic hydroxyl groups is 1. The number of aromatic nitrogens is 1. The van der Waals surface area contributed by atoms with Gasteiger partial charge in [0.05, 0.1) is 5.52 Å². The number of rotatable bonds is 8. The molecule has 0 bridgehead atoms. The summed E-state index contributed by atoms with van der Waals surface area (Å²) >= 11 is 0. The summed E-state index contributed by atoms with van der Waals surface area (Å²) in [7, 11) is 0. The van der Waals surface area contributed by atoms with Crippen LogP contribution in [0.5, 0.6) is 0 Å². The van der Waals surface area contributed by atoms with Crippen molar-refractivity contribution >= 4 is 10.9 Å². The normalized spacial score (nSPS) is 18.3. The number of hydrogen-bond donors (Lipinski definition) is 1. The molecular formula is C25H31N3O. The molecule has 29 heavy (non-hydrogen) atoms. The highest BCUT2D eigenvalue weighted by molar-refractivity contribution is 5.81. The molecule has 0 amide bonds. The van der Waals surface area contributed by atoms with Crippen LogP contribution in [0.25, 0.3) is 10.9 Å². The second kappa shape index (κ2) is 9.97. The molecule has 152 valence electrons. The van der Waals surface area contributed by atoms with E-state index in [1.165, 1.54) is 22.9 Å². The number of pyridine rings is 1. The Morgan fingerprint density at radius 2 is 1.83 bits per heavy atom. The molecule has 1 N–H and O–H groups in total. The summed E-state index contributed by atoms with van der Waals surface area (Å²) in [6.07, 6.45) is 5.01. The Morgan fingerprint density at radius 3 is 2.69 bits per heavy atom. The second-order valence-corrected chi connectivity index (χ2v) is 8.02. The fraction of sp³-hybridized carbons (Fsp3) is 0.400. The Labute approximate surface area is 173 Å². The molecule has 0 saturated carbocycles. The first kappa shape index (κ1) is 20.0. The number of para-hydroxylation sites is 1. The fourth-order valence-electron chi connectivity index (χ4n) is 4.48. The van der Waals surface area contributed by atoms with Crippen LogP contribution in [-0.4, -0.2) is 58.7 Å². The number of piperazine rings is 1. The lowest BCUT2D eigenvalue weighted by Crippen LogP contribution is -2.53. The van der Waals surface area contributed by atoms with Crippen LogP contribution >= 0.6 is 0 Å². The molecule has 1 aromatic heterocycles. The molecule has 4 rings (SSSR count). The van der Waals surface area contributed by atoms with Gasteiger partial charge in [0.25, 0.3) is 0 Å². The highest BCUT2D eigenvalue weighted by Crippen LogP contribution is 2.21. The monoisotopic (exact) mass is 389 g/mol. The van der Waals surface area contributed by atoms with E-state index < -0.39 is 0 Å². The number of aryl methyl sites for hydroxylation is 1. The predicted octanol–water partition coefficient (Wildman–Crippen LogP) is 3.74. The van der Waals surface area contributed by atoms with Crippen LogP contribution in [0, 0.1) is 0 Å². The van der Waals surface area contributed by atoms with Crippen molar-refractivity contribution in [3.63, 3.8) is 0 Å². The van der Waals surface area contributed by atoms with Gasteiger partial charge in [-0.2, -0.15) is 0 Å². The summed E-state index contributed by atoms with van der Waals surface area (Å²) < 4.78 is 0. The molecule has 0 radical (unpaired) electrons. The summed E-state index contributed by atoms with van der Waals surface area (Å²) in [6.45, 7) is 5.42. The van der Waals surface area contributed by atoms with Gasteiger partial charge < -0.3 is 5.11 Å². The van der Waals surface area contributed by atoms with Gasteiger partial charge in [-0.25, -0.2) is 0 Å². The third-order valence-corrected chi connectivity index (χ3v) is 6.01. The van der Waals surface area contributed by atoms with Crippen LogP contribution in [-0.2, 0) is 13.0 Å². The molecule has 4 heteroatoms. The number of hydrogen-bond acceptors (Lipinski definition) is 4. The highest BCUT2D eigenvalue weighted by Gasteiger charge is 2.26. The minimum absolute atomic E-state index is 0.253. The average Bonchev–Trinajstić information content (AvgIpc) is 2.76. The molecule has 1 aliphatic heterocycles. The standard InChI is InChI=1S/C25H31N3O/c29-18-13-24-20-27(19-23-11-4-10-22-12-5-14-26-25(22)23)16-17-28(24)15-6-9-21-7-2-1-3-8-21/h1-5,7-8,10-12,14,24,29H,6,9,13,15-20H2. The maximum absolute atomic E-state index is 9.60. The topological polar surface area (TPSA) is 39.6 Å². The van der Waals surface area contributed by atoms with E-state index in [1.807, 2.05) is 12.3 Å². The third kappa shape index (κ3) is 5.21. The average molecular weight is 390 g/mol. The second-order valence-electron chi connectivity index (χ2n) is 8.02. The molecule has 3 aromatic rings. The lowest BCUT2D eigenvalue weighted by atomic mass is 10.0. The SMILES string of the molecule is OCCC1CN(Cc2cccc3cccnc23)CCN1CCCc1ccccc1. The molecule has 1 atom stereocenters. The first-order valence-corrected chi connectivity index (χ1v) is 10.8. The Morgan fingerprint density at radius 1 is 0.966 bits per heavy atom. The van der Waals surface area contributed by atoms with Crippen molar-refractivity contribution in [2.45, 2.75) is 31.8 Å². The van der Waals surface area contributed by atoms with Gasteiger partial charge in [-0.3, -0.25) is 14.8 Å². The summed E-state index contributed by atoms with van der Waals surface area (Å²) in [6, 6.07) is 21.7. The lowest BCUT2D eigenvalue weighted by molar-refractivity contribution is 0.0548. The lowest BCUT2D eigenvalue weighted by Gasteiger charge is -2.41. The minimum atomic E-state index is 0.253. The van der Waals surface area contributed by atoms with Gasteiger partial charge in [-0.1, -0.05) is 54.6 Å². The molecule has 1 fully saturated rings. The first-order chi connectivity index (χ1) is 14.3. The van der Waals surface area contributed by atoms with Crippen molar-refractivity contribution < 1.29 is 5.11 Å². The smallest absolute Gasteiger partial charge is 0.0746 e. The Kier molecular flexibility index (Phi) is 6.88. The predicted molar refractivity (Wildman–Crippen MR) is 119 cm³/mol. The van der Waals surface area contributed by atoms with Gasteiger partial charge in [0.15, 0.2) is 0 Å². The van der Waals surface area contributed by atoms with Crippen molar-refractivity contribution in [3.8, 4) is 0 Å². The van der Waals surface area contributed by atoms with Gasteiger partial charge >= 0.3 is 0 Å².